The molecule has 154 valence electrons. The molecule has 0 radical (unpaired) electrons. The van der Waals surface area contributed by atoms with E-state index < -0.39 is 0 Å². The molecule has 27 heavy (non-hydrogen) atoms. The molecule has 7 heteroatoms. The monoisotopic (exact) mass is 489 g/mol. The molecule has 1 aliphatic rings. The van der Waals surface area contributed by atoms with Gasteiger partial charge in [0, 0.05) is 39.4 Å². The first kappa shape index (κ1) is 23.9. The van der Waals surface area contributed by atoms with Crippen molar-refractivity contribution in [2.45, 2.75) is 52.7 Å². The Morgan fingerprint density at radius 3 is 2.89 bits per heavy atom. The fourth-order valence-electron chi connectivity index (χ4n) is 3.06. The van der Waals surface area contributed by atoms with E-state index in [4.69, 9.17) is 4.74 Å². The number of unbranched alkanes of at least 4 members (excludes halogenated alkanes) is 1. The van der Waals surface area contributed by atoms with Gasteiger partial charge in [-0.1, -0.05) is 26.7 Å². The van der Waals surface area contributed by atoms with E-state index in [1.165, 1.54) is 24.8 Å². The number of nitrogens with one attached hydrogen (secondary N) is 2. The number of guanidine groups is 1. The third-order valence-corrected chi connectivity index (χ3v) is 4.56. The van der Waals surface area contributed by atoms with Gasteiger partial charge < -0.3 is 20.3 Å². The van der Waals surface area contributed by atoms with Crippen molar-refractivity contribution in [2.24, 2.45) is 10.9 Å². The van der Waals surface area contributed by atoms with Crippen molar-refractivity contribution in [3.05, 3.63) is 23.9 Å². The van der Waals surface area contributed by atoms with Gasteiger partial charge in [-0.15, -0.1) is 24.0 Å². The predicted octanol–water partition coefficient (Wildman–Crippen LogP) is 3.42. The standard InChI is InChI=1S/C20H35N5O.HI/c1-16(2)7-5-6-9-23-20(21-4)24-14-18-8-10-22-19(13-18)25-11-12-26-17(3)15-25;/h8,10,13,16-17H,5-7,9,11-12,14-15H2,1-4H3,(H2,21,23,24);1H. The molecule has 0 aliphatic carbocycles. The highest BCUT2D eigenvalue weighted by atomic mass is 127. The normalized spacial score (nSPS) is 17.6. The molecule has 1 fully saturated rings. The van der Waals surface area contributed by atoms with Gasteiger partial charge >= 0.3 is 0 Å². The van der Waals surface area contributed by atoms with E-state index >= 15 is 0 Å². The van der Waals surface area contributed by atoms with Gasteiger partial charge in [-0.25, -0.2) is 4.98 Å². The van der Waals surface area contributed by atoms with Gasteiger partial charge in [-0.05, 0) is 37.0 Å². The topological polar surface area (TPSA) is 61.8 Å². The summed E-state index contributed by atoms with van der Waals surface area (Å²) in [5, 5.41) is 6.79. The zero-order valence-electron chi connectivity index (χ0n) is 17.2. The molecular weight excluding hydrogens is 453 g/mol. The molecule has 1 aliphatic heterocycles. The summed E-state index contributed by atoms with van der Waals surface area (Å²) in [4.78, 5) is 11.1. The van der Waals surface area contributed by atoms with E-state index in [1.54, 1.807) is 0 Å². The SMILES string of the molecule is CN=C(NCCCCC(C)C)NCc1ccnc(N2CCOC(C)C2)c1.I. The Morgan fingerprint density at radius 2 is 2.19 bits per heavy atom. The minimum absolute atomic E-state index is 0. The minimum Gasteiger partial charge on any atom is -0.375 e. The van der Waals surface area contributed by atoms with E-state index in [1.807, 2.05) is 13.2 Å². The smallest absolute Gasteiger partial charge is 0.191 e. The molecule has 1 atom stereocenters. The van der Waals surface area contributed by atoms with Crippen LogP contribution in [0.4, 0.5) is 5.82 Å². The van der Waals surface area contributed by atoms with Crippen LogP contribution in [0.3, 0.4) is 0 Å². The summed E-state index contributed by atoms with van der Waals surface area (Å²) in [5.41, 5.74) is 1.21. The van der Waals surface area contributed by atoms with Gasteiger partial charge in [0.05, 0.1) is 12.7 Å². The van der Waals surface area contributed by atoms with Gasteiger partial charge in [-0.2, -0.15) is 0 Å². The molecule has 6 nitrogen and oxygen atoms in total. The Hall–Kier alpha value is -1.09. The van der Waals surface area contributed by atoms with E-state index in [0.29, 0.717) is 0 Å². The highest BCUT2D eigenvalue weighted by Crippen LogP contribution is 2.16. The lowest BCUT2D eigenvalue weighted by Gasteiger charge is -2.32. The number of nitrogens with zero attached hydrogens (tertiary/aromatic N) is 3. The lowest BCUT2D eigenvalue weighted by Crippen LogP contribution is -2.41. The van der Waals surface area contributed by atoms with Crippen molar-refractivity contribution in [1.29, 1.82) is 0 Å². The summed E-state index contributed by atoms with van der Waals surface area (Å²) >= 11 is 0. The molecule has 1 aromatic heterocycles. The van der Waals surface area contributed by atoms with Crippen LogP contribution in [-0.4, -0.2) is 50.3 Å². The van der Waals surface area contributed by atoms with E-state index in [-0.39, 0.29) is 30.1 Å². The number of hydrogen-bond acceptors (Lipinski definition) is 4. The summed E-state index contributed by atoms with van der Waals surface area (Å²) in [5.74, 6) is 2.66. The number of halogens is 1. The Kier molecular flexibility index (Phi) is 11.7. The number of pyridine rings is 1. The molecule has 1 saturated heterocycles. The van der Waals surface area contributed by atoms with E-state index in [0.717, 1.165) is 50.5 Å². The van der Waals surface area contributed by atoms with Crippen molar-refractivity contribution >= 4 is 35.8 Å². The lowest BCUT2D eigenvalue weighted by atomic mass is 10.1. The summed E-state index contributed by atoms with van der Waals surface area (Å²) < 4.78 is 5.62. The number of aliphatic imine (C=N–C) groups is 1. The molecule has 1 unspecified atom stereocenters. The van der Waals surface area contributed by atoms with Gasteiger partial charge in [0.2, 0.25) is 0 Å². The van der Waals surface area contributed by atoms with Crippen LogP contribution in [0.2, 0.25) is 0 Å². The van der Waals surface area contributed by atoms with Crippen molar-refractivity contribution < 1.29 is 4.74 Å². The maximum atomic E-state index is 5.62. The summed E-state index contributed by atoms with van der Waals surface area (Å²) in [6.07, 6.45) is 5.86. The summed E-state index contributed by atoms with van der Waals surface area (Å²) in [6, 6.07) is 4.21. The number of hydrogen-bond donors (Lipinski definition) is 2. The Balaban J connectivity index is 0.00000364. The maximum absolute atomic E-state index is 5.62. The highest BCUT2D eigenvalue weighted by Gasteiger charge is 2.18. The van der Waals surface area contributed by atoms with Crippen molar-refractivity contribution in [3.8, 4) is 0 Å². The van der Waals surface area contributed by atoms with Gasteiger partial charge in [0.15, 0.2) is 5.96 Å². The fourth-order valence-corrected chi connectivity index (χ4v) is 3.06. The second kappa shape index (κ2) is 13.1. The van der Waals surface area contributed by atoms with Gasteiger partial charge in [-0.3, -0.25) is 4.99 Å². The van der Waals surface area contributed by atoms with Crippen LogP contribution in [0.1, 0.15) is 45.6 Å². The third kappa shape index (κ3) is 9.10. The first-order valence-electron chi connectivity index (χ1n) is 9.84. The second-order valence-corrected chi connectivity index (χ2v) is 7.39. The van der Waals surface area contributed by atoms with Crippen molar-refractivity contribution in [1.82, 2.24) is 15.6 Å². The van der Waals surface area contributed by atoms with Crippen LogP contribution in [0.25, 0.3) is 0 Å². The zero-order chi connectivity index (χ0) is 18.8. The minimum atomic E-state index is 0. The fraction of sp³-hybridized carbons (Fsp3) is 0.700. The average molecular weight is 489 g/mol. The van der Waals surface area contributed by atoms with Crippen LogP contribution in [0, 0.1) is 5.92 Å². The van der Waals surface area contributed by atoms with Crippen molar-refractivity contribution in [2.75, 3.05) is 38.2 Å². The predicted molar refractivity (Wildman–Crippen MR) is 124 cm³/mol. The van der Waals surface area contributed by atoms with E-state index in [2.05, 4.69) is 58.4 Å². The first-order chi connectivity index (χ1) is 12.6. The molecule has 2 rings (SSSR count). The molecule has 0 amide bonds. The largest absolute Gasteiger partial charge is 0.375 e. The van der Waals surface area contributed by atoms with Crippen LogP contribution >= 0.6 is 24.0 Å². The molecule has 0 aromatic carbocycles. The third-order valence-electron chi connectivity index (χ3n) is 4.56. The van der Waals surface area contributed by atoms with Crippen molar-refractivity contribution in [3.63, 3.8) is 0 Å². The quantitative estimate of drug-likeness (QED) is 0.254. The number of ether oxygens (including phenoxy) is 1. The van der Waals surface area contributed by atoms with Gasteiger partial charge in [0.1, 0.15) is 5.82 Å². The number of aromatic nitrogens is 1. The summed E-state index contributed by atoms with van der Waals surface area (Å²) in [7, 11) is 1.82. The number of rotatable bonds is 8. The molecule has 2 N–H and O–H groups in total. The van der Waals surface area contributed by atoms with Gasteiger partial charge in [0.25, 0.3) is 0 Å². The van der Waals surface area contributed by atoms with Crippen LogP contribution < -0.4 is 15.5 Å². The number of anilines is 1. The average Bonchev–Trinajstić information content (AvgIpc) is 2.64. The Bertz CT molecular complexity index is 567. The maximum Gasteiger partial charge on any atom is 0.191 e. The molecular formula is C20H36IN5O. The molecule has 0 spiro atoms. The Labute approximate surface area is 181 Å². The summed E-state index contributed by atoms with van der Waals surface area (Å²) in [6.45, 7) is 10.9. The van der Waals surface area contributed by atoms with Crippen LogP contribution in [-0.2, 0) is 11.3 Å². The molecule has 2 heterocycles. The van der Waals surface area contributed by atoms with E-state index in [9.17, 15) is 0 Å². The first-order valence-corrected chi connectivity index (χ1v) is 9.84. The molecule has 0 saturated carbocycles. The molecule has 0 bridgehead atoms. The number of morpholine rings is 1. The Morgan fingerprint density at radius 1 is 1.37 bits per heavy atom. The lowest BCUT2D eigenvalue weighted by molar-refractivity contribution is 0.0529. The van der Waals surface area contributed by atoms with Crippen LogP contribution in [0.15, 0.2) is 23.3 Å². The van der Waals surface area contributed by atoms with Crippen LogP contribution in [0.5, 0.6) is 0 Å². The second-order valence-electron chi connectivity index (χ2n) is 7.39. The highest BCUT2D eigenvalue weighted by molar-refractivity contribution is 14.0. The molecule has 1 aromatic rings. The zero-order valence-corrected chi connectivity index (χ0v) is 19.5.